The van der Waals surface area contributed by atoms with E-state index in [0.29, 0.717) is 5.57 Å². The molecule has 4 nitrogen and oxygen atoms in total. The molecule has 1 unspecified atom stereocenters. The van der Waals surface area contributed by atoms with E-state index in [1.54, 1.807) is 18.4 Å². The van der Waals surface area contributed by atoms with E-state index in [1.165, 1.54) is 0 Å². The first kappa shape index (κ1) is 16.0. The van der Waals surface area contributed by atoms with Gasteiger partial charge < -0.3 is 15.2 Å². The minimum atomic E-state index is -0.246. The maximum atomic E-state index is 9.65. The fraction of sp³-hybridized carbons (Fsp3) is 0.105. The highest BCUT2D eigenvalue weighted by molar-refractivity contribution is 9.10. The van der Waals surface area contributed by atoms with Crippen LogP contribution in [0.15, 0.2) is 58.4 Å². The van der Waals surface area contributed by atoms with E-state index in [9.17, 15) is 5.26 Å². The van der Waals surface area contributed by atoms with Crippen LogP contribution in [0.1, 0.15) is 16.4 Å². The zero-order chi connectivity index (χ0) is 17.6. The summed E-state index contributed by atoms with van der Waals surface area (Å²) in [5.74, 6) is 1.42. The second-order valence-corrected chi connectivity index (χ2v) is 7.52. The number of nitrogens with zero attached hydrogens (tertiary/aromatic N) is 1. The van der Waals surface area contributed by atoms with Crippen molar-refractivity contribution < 1.29 is 9.47 Å². The molecule has 6 heteroatoms. The van der Waals surface area contributed by atoms with Gasteiger partial charge in [0.2, 0.25) is 5.88 Å². The molecule has 0 amide bonds. The molecular weight excluding hydrogens is 400 g/mol. The molecule has 0 aliphatic carbocycles. The lowest BCUT2D eigenvalue weighted by Crippen LogP contribution is -2.19. The van der Waals surface area contributed by atoms with Crippen molar-refractivity contribution in [1.29, 1.82) is 5.26 Å². The minimum Gasteiger partial charge on any atom is -0.497 e. The van der Waals surface area contributed by atoms with Crippen molar-refractivity contribution in [2.24, 2.45) is 5.73 Å². The second-order valence-electron chi connectivity index (χ2n) is 5.61. The van der Waals surface area contributed by atoms with E-state index >= 15 is 0 Å². The summed E-state index contributed by atoms with van der Waals surface area (Å²) in [6, 6.07) is 15.9. The number of hydrogen-bond acceptors (Lipinski definition) is 5. The predicted octanol–water partition coefficient (Wildman–Crippen LogP) is 4.89. The van der Waals surface area contributed by atoms with Crippen LogP contribution in [0.25, 0.3) is 10.1 Å². The van der Waals surface area contributed by atoms with E-state index in [0.717, 1.165) is 36.5 Å². The molecule has 3 aromatic rings. The lowest BCUT2D eigenvalue weighted by Gasteiger charge is -2.24. The topological polar surface area (TPSA) is 68.3 Å². The summed E-state index contributed by atoms with van der Waals surface area (Å²) in [6.45, 7) is 0. The number of allylic oxidation sites excluding steroid dienone is 1. The van der Waals surface area contributed by atoms with Crippen molar-refractivity contribution >= 4 is 37.4 Å². The van der Waals surface area contributed by atoms with E-state index in [4.69, 9.17) is 15.2 Å². The van der Waals surface area contributed by atoms with Gasteiger partial charge in [0, 0.05) is 9.86 Å². The van der Waals surface area contributed by atoms with Gasteiger partial charge in [0.15, 0.2) is 5.75 Å². The number of hydrogen-bond donors (Lipinski definition) is 1. The summed E-state index contributed by atoms with van der Waals surface area (Å²) < 4.78 is 13.2. The van der Waals surface area contributed by atoms with E-state index in [1.807, 2.05) is 42.5 Å². The van der Waals surface area contributed by atoms with Crippen molar-refractivity contribution in [2.75, 3.05) is 7.11 Å². The molecule has 0 saturated carbocycles. The van der Waals surface area contributed by atoms with Gasteiger partial charge in [-0.05, 0) is 45.8 Å². The van der Waals surface area contributed by atoms with Crippen molar-refractivity contribution in [3.8, 4) is 17.6 Å². The first-order valence-electron chi connectivity index (χ1n) is 7.56. The van der Waals surface area contributed by atoms with Gasteiger partial charge in [-0.25, -0.2) is 0 Å². The summed E-state index contributed by atoms with van der Waals surface area (Å²) in [5, 5.41) is 10.6. The van der Waals surface area contributed by atoms with Gasteiger partial charge in [0.25, 0.3) is 0 Å². The Kier molecular flexibility index (Phi) is 3.91. The molecule has 25 heavy (non-hydrogen) atoms. The molecule has 124 valence electrons. The second kappa shape index (κ2) is 6.10. The molecule has 0 radical (unpaired) electrons. The average Bonchev–Trinajstić information content (AvgIpc) is 3.00. The fourth-order valence-corrected chi connectivity index (χ4v) is 4.93. The monoisotopic (exact) mass is 412 g/mol. The van der Waals surface area contributed by atoms with Crippen LogP contribution in [0, 0.1) is 11.3 Å². The van der Waals surface area contributed by atoms with Crippen LogP contribution in [-0.2, 0) is 0 Å². The van der Waals surface area contributed by atoms with Crippen LogP contribution in [-0.4, -0.2) is 7.11 Å². The van der Waals surface area contributed by atoms with Gasteiger partial charge in [-0.1, -0.05) is 18.2 Å². The summed E-state index contributed by atoms with van der Waals surface area (Å²) in [7, 11) is 1.63. The Hall–Kier alpha value is -2.49. The number of nitrogens with two attached hydrogens (primary N) is 1. The first-order chi connectivity index (χ1) is 12.1. The van der Waals surface area contributed by atoms with E-state index in [2.05, 4.69) is 22.0 Å². The maximum absolute atomic E-state index is 9.65. The van der Waals surface area contributed by atoms with Crippen LogP contribution >= 0.6 is 27.3 Å². The van der Waals surface area contributed by atoms with Crippen molar-refractivity contribution in [1.82, 2.24) is 0 Å². The third kappa shape index (κ3) is 2.48. The van der Waals surface area contributed by atoms with Gasteiger partial charge >= 0.3 is 0 Å². The lowest BCUT2D eigenvalue weighted by molar-refractivity contribution is 0.401. The SMILES string of the molecule is COc1ccc(C2C(C#N)=C(N)Oc3c2sc2c(Br)cccc32)cc1. The van der Waals surface area contributed by atoms with Crippen LogP contribution in [0.2, 0.25) is 0 Å². The number of ether oxygens (including phenoxy) is 2. The molecule has 2 N–H and O–H groups in total. The summed E-state index contributed by atoms with van der Waals surface area (Å²) in [6.07, 6.45) is 0. The Balaban J connectivity index is 1.97. The Bertz CT molecular complexity index is 1050. The molecule has 4 rings (SSSR count). The quantitative estimate of drug-likeness (QED) is 0.650. The summed E-state index contributed by atoms with van der Waals surface area (Å²) >= 11 is 5.21. The standard InChI is InChI=1S/C19H13BrN2O2S/c1-23-11-7-5-10(6-8-11)15-13(9-21)19(22)24-16-12-3-2-4-14(20)17(12)25-18(15)16/h2-8,15H,22H2,1H3. The molecule has 1 aliphatic heterocycles. The molecule has 0 saturated heterocycles. The average molecular weight is 413 g/mol. The highest BCUT2D eigenvalue weighted by atomic mass is 79.9. The molecule has 2 heterocycles. The number of nitriles is 1. The highest BCUT2D eigenvalue weighted by Crippen LogP contribution is 2.51. The number of thiophene rings is 1. The molecule has 0 spiro atoms. The Morgan fingerprint density at radius 2 is 2.00 bits per heavy atom. The lowest BCUT2D eigenvalue weighted by atomic mass is 9.88. The van der Waals surface area contributed by atoms with Crippen LogP contribution in [0.4, 0.5) is 0 Å². The van der Waals surface area contributed by atoms with Crippen molar-refractivity contribution in [3.05, 3.63) is 68.8 Å². The van der Waals surface area contributed by atoms with Gasteiger partial charge in [0.1, 0.15) is 17.4 Å². The van der Waals surface area contributed by atoms with Crippen LogP contribution in [0.3, 0.4) is 0 Å². The summed E-state index contributed by atoms with van der Waals surface area (Å²) in [5.41, 5.74) is 7.49. The molecule has 2 aromatic carbocycles. The van der Waals surface area contributed by atoms with Crippen LogP contribution in [0.5, 0.6) is 11.5 Å². The van der Waals surface area contributed by atoms with Crippen molar-refractivity contribution in [2.45, 2.75) is 5.92 Å². The van der Waals surface area contributed by atoms with Gasteiger partial charge in [-0.2, -0.15) is 5.26 Å². The number of benzene rings is 2. The zero-order valence-corrected chi connectivity index (χ0v) is 15.6. The first-order valence-corrected chi connectivity index (χ1v) is 9.17. The maximum Gasteiger partial charge on any atom is 0.205 e. The molecule has 0 bridgehead atoms. The predicted molar refractivity (Wildman–Crippen MR) is 102 cm³/mol. The normalized spacial score (nSPS) is 16.3. The third-order valence-corrected chi connectivity index (χ3v) is 6.45. The van der Waals surface area contributed by atoms with E-state index < -0.39 is 0 Å². The smallest absolute Gasteiger partial charge is 0.205 e. The Labute approximate surface area is 157 Å². The van der Waals surface area contributed by atoms with Gasteiger partial charge in [-0.3, -0.25) is 0 Å². The number of halogens is 1. The number of methoxy groups -OCH3 is 1. The molecule has 1 aromatic heterocycles. The number of rotatable bonds is 2. The van der Waals surface area contributed by atoms with Gasteiger partial charge in [-0.15, -0.1) is 11.3 Å². The molecule has 1 aliphatic rings. The highest BCUT2D eigenvalue weighted by Gasteiger charge is 2.34. The Morgan fingerprint density at radius 1 is 1.24 bits per heavy atom. The molecule has 0 fully saturated rings. The molecule has 1 atom stereocenters. The third-order valence-electron chi connectivity index (χ3n) is 4.25. The minimum absolute atomic E-state index is 0.162. The largest absolute Gasteiger partial charge is 0.497 e. The van der Waals surface area contributed by atoms with Crippen LogP contribution < -0.4 is 15.2 Å². The summed E-state index contributed by atoms with van der Waals surface area (Å²) in [4.78, 5) is 0.984. The zero-order valence-electron chi connectivity index (χ0n) is 13.2. The Morgan fingerprint density at radius 3 is 2.68 bits per heavy atom. The van der Waals surface area contributed by atoms with Gasteiger partial charge in [0.05, 0.1) is 22.6 Å². The fourth-order valence-electron chi connectivity index (χ4n) is 3.05. The number of fused-ring (bicyclic) bond motifs is 3. The van der Waals surface area contributed by atoms with Crippen molar-refractivity contribution in [3.63, 3.8) is 0 Å². The molecular formula is C19H13BrN2O2S. The van der Waals surface area contributed by atoms with E-state index in [-0.39, 0.29) is 11.8 Å².